The normalized spacial score (nSPS) is 11.4. The monoisotopic (exact) mass is 418 g/mol. The lowest BCUT2D eigenvalue weighted by Crippen LogP contribution is -2.37. The lowest BCUT2D eigenvalue weighted by molar-refractivity contribution is -0.481. The SMILES string of the molecule is CCCCOC(C)(OCCCC)OOC(=O)CCCCCCCCC(=O)OCC. The van der Waals surface area contributed by atoms with Crippen molar-refractivity contribution in [3.05, 3.63) is 0 Å². The maximum Gasteiger partial charge on any atom is 0.342 e. The predicted octanol–water partition coefficient (Wildman–Crippen LogP) is 5.45. The minimum absolute atomic E-state index is 0.125. The first kappa shape index (κ1) is 27.8. The highest BCUT2D eigenvalue weighted by molar-refractivity contribution is 5.69. The Morgan fingerprint density at radius 1 is 0.690 bits per heavy atom. The van der Waals surface area contributed by atoms with Crippen LogP contribution in [-0.2, 0) is 33.6 Å². The Balaban J connectivity index is 3.87. The van der Waals surface area contributed by atoms with E-state index in [0.29, 0.717) is 32.7 Å². The van der Waals surface area contributed by atoms with Gasteiger partial charge in [0, 0.05) is 19.8 Å². The van der Waals surface area contributed by atoms with E-state index < -0.39 is 11.9 Å². The fourth-order valence-electron chi connectivity index (χ4n) is 2.54. The Morgan fingerprint density at radius 2 is 1.17 bits per heavy atom. The van der Waals surface area contributed by atoms with Crippen LogP contribution in [-0.4, -0.2) is 37.7 Å². The molecule has 0 radical (unpaired) electrons. The Hall–Kier alpha value is -1.18. The molecule has 0 aliphatic rings. The molecular formula is C22H42O7. The second-order valence-electron chi connectivity index (χ2n) is 7.23. The molecule has 0 heterocycles. The quantitative estimate of drug-likeness (QED) is 0.0854. The number of rotatable bonds is 20. The van der Waals surface area contributed by atoms with Gasteiger partial charge < -0.3 is 14.2 Å². The van der Waals surface area contributed by atoms with Crippen LogP contribution in [0.15, 0.2) is 0 Å². The van der Waals surface area contributed by atoms with Crippen molar-refractivity contribution in [2.45, 2.75) is 111 Å². The Labute approximate surface area is 176 Å². The second kappa shape index (κ2) is 18.8. The van der Waals surface area contributed by atoms with Gasteiger partial charge in [-0.25, -0.2) is 4.79 Å². The summed E-state index contributed by atoms with van der Waals surface area (Å²) in [7, 11) is 0. The highest BCUT2D eigenvalue weighted by Crippen LogP contribution is 2.18. The molecule has 0 aromatic carbocycles. The van der Waals surface area contributed by atoms with Crippen LogP contribution < -0.4 is 0 Å². The molecule has 0 rings (SSSR count). The summed E-state index contributed by atoms with van der Waals surface area (Å²) in [5, 5.41) is 0. The maximum atomic E-state index is 11.9. The molecule has 0 aromatic rings. The van der Waals surface area contributed by atoms with E-state index in [-0.39, 0.29) is 5.97 Å². The molecule has 7 heteroatoms. The zero-order valence-corrected chi connectivity index (χ0v) is 19.0. The molecule has 172 valence electrons. The average Bonchev–Trinajstić information content (AvgIpc) is 2.69. The average molecular weight is 419 g/mol. The van der Waals surface area contributed by atoms with Crippen LogP contribution in [0, 0.1) is 0 Å². The Morgan fingerprint density at radius 3 is 1.66 bits per heavy atom. The van der Waals surface area contributed by atoms with Crippen molar-refractivity contribution >= 4 is 11.9 Å². The zero-order chi connectivity index (χ0) is 21.8. The van der Waals surface area contributed by atoms with Crippen molar-refractivity contribution in [3.8, 4) is 0 Å². The molecule has 0 aliphatic heterocycles. The fourth-order valence-corrected chi connectivity index (χ4v) is 2.54. The largest absolute Gasteiger partial charge is 0.466 e. The number of carbonyl (C=O) groups is 2. The molecule has 0 fully saturated rings. The summed E-state index contributed by atoms with van der Waals surface area (Å²) in [6.07, 6.45) is 10.1. The van der Waals surface area contributed by atoms with Crippen molar-refractivity contribution in [1.82, 2.24) is 0 Å². The lowest BCUT2D eigenvalue weighted by atomic mass is 10.1. The van der Waals surface area contributed by atoms with E-state index in [9.17, 15) is 9.59 Å². The Kier molecular flexibility index (Phi) is 18.1. The van der Waals surface area contributed by atoms with Crippen LogP contribution in [0.4, 0.5) is 0 Å². The molecule has 0 unspecified atom stereocenters. The van der Waals surface area contributed by atoms with Gasteiger partial charge in [-0.2, -0.15) is 0 Å². The predicted molar refractivity (Wildman–Crippen MR) is 111 cm³/mol. The summed E-state index contributed by atoms with van der Waals surface area (Å²) in [5.74, 6) is -1.91. The third-order valence-electron chi connectivity index (χ3n) is 4.33. The first-order valence-electron chi connectivity index (χ1n) is 11.3. The number of hydrogen-bond acceptors (Lipinski definition) is 7. The second-order valence-corrected chi connectivity index (χ2v) is 7.23. The minimum atomic E-state index is -1.36. The van der Waals surface area contributed by atoms with Gasteiger partial charge in [0.15, 0.2) is 0 Å². The molecule has 29 heavy (non-hydrogen) atoms. The van der Waals surface area contributed by atoms with Crippen LogP contribution >= 0.6 is 0 Å². The van der Waals surface area contributed by atoms with Crippen molar-refractivity contribution in [2.24, 2.45) is 0 Å². The molecule has 0 bridgehead atoms. The van der Waals surface area contributed by atoms with Crippen LogP contribution in [0.1, 0.15) is 105 Å². The smallest absolute Gasteiger partial charge is 0.342 e. The highest BCUT2D eigenvalue weighted by Gasteiger charge is 2.30. The van der Waals surface area contributed by atoms with Crippen molar-refractivity contribution in [2.75, 3.05) is 19.8 Å². The number of esters is 1. The molecule has 0 amide bonds. The van der Waals surface area contributed by atoms with Crippen LogP contribution in [0.5, 0.6) is 0 Å². The van der Waals surface area contributed by atoms with Crippen LogP contribution in [0.2, 0.25) is 0 Å². The number of unbranched alkanes of at least 4 members (excludes halogenated alkanes) is 7. The molecule has 0 aliphatic carbocycles. The fraction of sp³-hybridized carbons (Fsp3) is 0.909. The van der Waals surface area contributed by atoms with Gasteiger partial charge in [0.1, 0.15) is 0 Å². The van der Waals surface area contributed by atoms with Gasteiger partial charge in [-0.1, -0.05) is 52.4 Å². The van der Waals surface area contributed by atoms with E-state index in [1.54, 1.807) is 6.92 Å². The van der Waals surface area contributed by atoms with E-state index in [1.807, 2.05) is 6.92 Å². The number of hydrogen-bond donors (Lipinski definition) is 0. The standard InChI is InChI=1S/C22H42O7/c1-5-8-18-26-22(4,27-19-9-6-2)29-28-21(24)17-15-13-11-10-12-14-16-20(23)25-7-3/h5-19H2,1-4H3. The number of carbonyl (C=O) groups excluding carboxylic acids is 2. The summed E-state index contributed by atoms with van der Waals surface area (Å²) in [5.41, 5.74) is 0. The van der Waals surface area contributed by atoms with E-state index in [2.05, 4.69) is 13.8 Å². The molecular weight excluding hydrogens is 376 g/mol. The van der Waals surface area contributed by atoms with Gasteiger partial charge in [-0.15, -0.1) is 4.89 Å². The maximum absolute atomic E-state index is 11.9. The summed E-state index contributed by atoms with van der Waals surface area (Å²) in [6.45, 7) is 8.97. The molecule has 0 saturated carbocycles. The first-order valence-corrected chi connectivity index (χ1v) is 11.3. The third-order valence-corrected chi connectivity index (χ3v) is 4.33. The van der Waals surface area contributed by atoms with Crippen LogP contribution in [0.3, 0.4) is 0 Å². The molecule has 0 atom stereocenters. The molecule has 7 nitrogen and oxygen atoms in total. The topological polar surface area (TPSA) is 80.3 Å². The summed E-state index contributed by atoms with van der Waals surface area (Å²) >= 11 is 0. The van der Waals surface area contributed by atoms with Gasteiger partial charge in [0.25, 0.3) is 0 Å². The third kappa shape index (κ3) is 17.4. The van der Waals surface area contributed by atoms with Crippen molar-refractivity contribution < 1.29 is 33.6 Å². The summed E-state index contributed by atoms with van der Waals surface area (Å²) in [6, 6.07) is 0. The van der Waals surface area contributed by atoms with Crippen LogP contribution in [0.25, 0.3) is 0 Å². The highest BCUT2D eigenvalue weighted by atomic mass is 17.3. The van der Waals surface area contributed by atoms with Gasteiger partial charge in [-0.05, 0) is 32.6 Å². The van der Waals surface area contributed by atoms with E-state index in [4.69, 9.17) is 24.0 Å². The van der Waals surface area contributed by atoms with Crippen molar-refractivity contribution in [1.29, 1.82) is 0 Å². The van der Waals surface area contributed by atoms with Gasteiger partial charge >= 0.3 is 17.9 Å². The van der Waals surface area contributed by atoms with E-state index in [0.717, 1.165) is 64.2 Å². The first-order chi connectivity index (χ1) is 14.0. The molecule has 0 N–H and O–H groups in total. The van der Waals surface area contributed by atoms with Crippen molar-refractivity contribution in [3.63, 3.8) is 0 Å². The molecule has 0 spiro atoms. The molecule has 0 aromatic heterocycles. The molecule has 0 saturated heterocycles. The van der Waals surface area contributed by atoms with Gasteiger partial charge in [-0.3, -0.25) is 9.68 Å². The minimum Gasteiger partial charge on any atom is -0.466 e. The van der Waals surface area contributed by atoms with Gasteiger partial charge in [0.05, 0.1) is 19.8 Å². The van der Waals surface area contributed by atoms with E-state index >= 15 is 0 Å². The summed E-state index contributed by atoms with van der Waals surface area (Å²) < 4.78 is 16.1. The Bertz CT molecular complexity index is 402. The number of ether oxygens (including phenoxy) is 3. The van der Waals surface area contributed by atoms with E-state index in [1.165, 1.54) is 0 Å². The summed E-state index contributed by atoms with van der Waals surface area (Å²) in [4.78, 5) is 33.3. The van der Waals surface area contributed by atoms with Gasteiger partial charge in [0.2, 0.25) is 0 Å². The zero-order valence-electron chi connectivity index (χ0n) is 19.0. The lowest BCUT2D eigenvalue weighted by Gasteiger charge is -2.27.